The molecule has 2 aromatic rings. The molecule has 0 fully saturated rings. The Morgan fingerprint density at radius 3 is 2.33 bits per heavy atom. The lowest BCUT2D eigenvalue weighted by molar-refractivity contribution is 0.368. The van der Waals surface area contributed by atoms with Gasteiger partial charge in [-0.3, -0.25) is 0 Å². The van der Waals surface area contributed by atoms with E-state index in [0.717, 1.165) is 5.41 Å². The first-order chi connectivity index (χ1) is 9.95. The molecule has 3 rings (SSSR count). The van der Waals surface area contributed by atoms with Crippen LogP contribution in [0.5, 0.6) is 17.2 Å². The van der Waals surface area contributed by atoms with E-state index in [2.05, 4.69) is 0 Å². The first-order valence-electron chi connectivity index (χ1n) is 6.16. The molecule has 0 aromatic heterocycles. The average Bonchev–Trinajstić information content (AvgIpc) is 2.69. The van der Waals surface area contributed by atoms with Crippen LogP contribution in [0.1, 0.15) is 5.56 Å². The van der Waals surface area contributed by atoms with E-state index in [-0.39, 0.29) is 23.0 Å². The number of ether oxygens (including phenoxy) is 1. The fourth-order valence-electron chi connectivity index (χ4n) is 2.14. The zero-order chi connectivity index (χ0) is 15.0. The molecule has 0 unspecified atom stereocenters. The molecule has 0 saturated carbocycles. The van der Waals surface area contributed by atoms with Crippen molar-refractivity contribution in [3.63, 3.8) is 0 Å². The lowest BCUT2D eigenvalue weighted by atomic mass is 10.1. The number of rotatable bonds is 3. The standard InChI is InChI=1S/C15H12O5S/c16-11-1-4-13(5-2-11)20-8-10-9-21(18,19)15-7-12(17)3-6-14(10)15/h1-7,9,16-17H,8H2. The van der Waals surface area contributed by atoms with Crippen molar-refractivity contribution in [3.05, 3.63) is 53.4 Å². The summed E-state index contributed by atoms with van der Waals surface area (Å²) in [5.41, 5.74) is 1.06. The summed E-state index contributed by atoms with van der Waals surface area (Å²) in [7, 11) is -3.53. The number of hydrogen-bond donors (Lipinski definition) is 2. The van der Waals surface area contributed by atoms with Gasteiger partial charge in [0.15, 0.2) is 0 Å². The molecule has 0 amide bonds. The molecular formula is C15H12O5S. The highest BCUT2D eigenvalue weighted by atomic mass is 32.2. The normalized spacial score (nSPS) is 15.3. The van der Waals surface area contributed by atoms with Crippen LogP contribution in [-0.4, -0.2) is 25.2 Å². The summed E-state index contributed by atoms with van der Waals surface area (Å²) in [4.78, 5) is 0.0896. The van der Waals surface area contributed by atoms with Crippen molar-refractivity contribution in [2.45, 2.75) is 4.90 Å². The predicted molar refractivity (Wildman–Crippen MR) is 76.9 cm³/mol. The van der Waals surface area contributed by atoms with Gasteiger partial charge in [0.2, 0.25) is 9.84 Å². The van der Waals surface area contributed by atoms with E-state index in [1.165, 1.54) is 24.3 Å². The van der Waals surface area contributed by atoms with Crippen molar-refractivity contribution in [2.75, 3.05) is 6.61 Å². The van der Waals surface area contributed by atoms with Gasteiger partial charge >= 0.3 is 0 Å². The van der Waals surface area contributed by atoms with Crippen molar-refractivity contribution in [1.29, 1.82) is 0 Å². The Balaban J connectivity index is 1.86. The third-order valence-electron chi connectivity index (χ3n) is 3.15. The number of fused-ring (bicyclic) bond motifs is 1. The summed E-state index contributed by atoms with van der Waals surface area (Å²) in [6.45, 7) is 0.0851. The van der Waals surface area contributed by atoms with E-state index < -0.39 is 9.84 Å². The maximum atomic E-state index is 12.0. The van der Waals surface area contributed by atoms with Gasteiger partial charge in [0.05, 0.1) is 4.90 Å². The van der Waals surface area contributed by atoms with Crippen LogP contribution in [0.2, 0.25) is 0 Å². The molecule has 0 spiro atoms. The molecule has 2 aromatic carbocycles. The molecule has 1 aliphatic heterocycles. The summed E-state index contributed by atoms with van der Waals surface area (Å²) in [5.74, 6) is 0.565. The molecule has 2 N–H and O–H groups in total. The van der Waals surface area contributed by atoms with Gasteiger partial charge in [0.25, 0.3) is 0 Å². The van der Waals surface area contributed by atoms with Crippen LogP contribution in [0.25, 0.3) is 5.57 Å². The first kappa shape index (κ1) is 13.5. The summed E-state index contributed by atoms with van der Waals surface area (Å²) >= 11 is 0. The Kier molecular flexibility index (Phi) is 3.10. The largest absolute Gasteiger partial charge is 0.508 e. The van der Waals surface area contributed by atoms with Crippen LogP contribution >= 0.6 is 0 Å². The molecule has 5 nitrogen and oxygen atoms in total. The smallest absolute Gasteiger partial charge is 0.200 e. The molecule has 0 saturated heterocycles. The monoisotopic (exact) mass is 304 g/mol. The molecule has 1 heterocycles. The van der Waals surface area contributed by atoms with Crippen molar-refractivity contribution in [2.24, 2.45) is 0 Å². The quantitative estimate of drug-likeness (QED) is 0.909. The van der Waals surface area contributed by atoms with Crippen molar-refractivity contribution < 1.29 is 23.4 Å². The van der Waals surface area contributed by atoms with E-state index in [9.17, 15) is 18.6 Å². The highest BCUT2D eigenvalue weighted by Gasteiger charge is 2.27. The fourth-order valence-corrected chi connectivity index (χ4v) is 3.63. The van der Waals surface area contributed by atoms with E-state index >= 15 is 0 Å². The molecule has 0 atom stereocenters. The van der Waals surface area contributed by atoms with Gasteiger partial charge in [-0.1, -0.05) is 0 Å². The van der Waals surface area contributed by atoms with Crippen LogP contribution in [0.3, 0.4) is 0 Å². The van der Waals surface area contributed by atoms with Gasteiger partial charge in [0.1, 0.15) is 23.9 Å². The molecule has 21 heavy (non-hydrogen) atoms. The highest BCUT2D eigenvalue weighted by molar-refractivity contribution is 7.95. The number of sulfone groups is 1. The lowest BCUT2D eigenvalue weighted by Gasteiger charge is -2.08. The molecule has 6 heteroatoms. The molecular weight excluding hydrogens is 292 g/mol. The van der Waals surface area contributed by atoms with Gasteiger partial charge < -0.3 is 14.9 Å². The minimum absolute atomic E-state index is 0.0851. The van der Waals surface area contributed by atoms with Crippen molar-refractivity contribution in [3.8, 4) is 17.2 Å². The molecule has 108 valence electrons. The molecule has 0 aliphatic carbocycles. The number of benzene rings is 2. The van der Waals surface area contributed by atoms with Gasteiger partial charge in [-0.2, -0.15) is 0 Å². The molecule has 0 bridgehead atoms. The fraction of sp³-hybridized carbons (Fsp3) is 0.0667. The summed E-state index contributed by atoms with van der Waals surface area (Å²) < 4.78 is 29.5. The Morgan fingerprint density at radius 2 is 1.62 bits per heavy atom. The minimum Gasteiger partial charge on any atom is -0.508 e. The van der Waals surface area contributed by atoms with Crippen molar-refractivity contribution in [1.82, 2.24) is 0 Å². The SMILES string of the molecule is O=S1(=O)C=C(COc2ccc(O)cc2)c2ccc(O)cc21. The van der Waals surface area contributed by atoms with E-state index in [4.69, 9.17) is 4.74 Å². The van der Waals surface area contributed by atoms with Gasteiger partial charge in [0, 0.05) is 16.5 Å². The number of phenols is 2. The Labute approximate surface area is 121 Å². The second kappa shape index (κ2) is 4.82. The Morgan fingerprint density at radius 1 is 0.952 bits per heavy atom. The maximum absolute atomic E-state index is 12.0. The summed E-state index contributed by atoms with van der Waals surface area (Å²) in [6.07, 6.45) is 0. The van der Waals surface area contributed by atoms with E-state index in [0.29, 0.717) is 16.9 Å². The van der Waals surface area contributed by atoms with Crippen LogP contribution in [0.15, 0.2) is 52.8 Å². The molecule has 0 radical (unpaired) electrons. The first-order valence-corrected chi connectivity index (χ1v) is 7.71. The maximum Gasteiger partial charge on any atom is 0.200 e. The zero-order valence-electron chi connectivity index (χ0n) is 10.9. The highest BCUT2D eigenvalue weighted by Crippen LogP contribution is 2.35. The Hall–Kier alpha value is -2.47. The van der Waals surface area contributed by atoms with Gasteiger partial charge in [-0.25, -0.2) is 8.42 Å². The van der Waals surface area contributed by atoms with Crippen LogP contribution in [0.4, 0.5) is 0 Å². The van der Waals surface area contributed by atoms with E-state index in [1.54, 1.807) is 18.2 Å². The van der Waals surface area contributed by atoms with Crippen LogP contribution < -0.4 is 4.74 Å². The topological polar surface area (TPSA) is 83.8 Å². The summed E-state index contributed by atoms with van der Waals surface area (Å²) in [6, 6.07) is 10.4. The lowest BCUT2D eigenvalue weighted by Crippen LogP contribution is -1.99. The van der Waals surface area contributed by atoms with Crippen LogP contribution in [-0.2, 0) is 9.84 Å². The van der Waals surface area contributed by atoms with Crippen molar-refractivity contribution >= 4 is 15.4 Å². The number of hydrogen-bond acceptors (Lipinski definition) is 5. The average molecular weight is 304 g/mol. The number of phenolic OH excluding ortho intramolecular Hbond substituents is 2. The molecule has 1 aliphatic rings. The number of aromatic hydroxyl groups is 2. The van der Waals surface area contributed by atoms with Gasteiger partial charge in [-0.15, -0.1) is 0 Å². The third kappa shape index (κ3) is 2.57. The van der Waals surface area contributed by atoms with Crippen LogP contribution in [0, 0.1) is 0 Å². The third-order valence-corrected chi connectivity index (χ3v) is 4.69. The predicted octanol–water partition coefficient (Wildman–Crippen LogP) is 2.31. The summed E-state index contributed by atoms with van der Waals surface area (Å²) in [5, 5.41) is 19.7. The Bertz CT molecular complexity index is 820. The minimum atomic E-state index is -3.53. The van der Waals surface area contributed by atoms with Gasteiger partial charge in [-0.05, 0) is 42.5 Å². The second-order valence-electron chi connectivity index (χ2n) is 4.65. The zero-order valence-corrected chi connectivity index (χ0v) is 11.7. The second-order valence-corrected chi connectivity index (χ2v) is 6.42. The van der Waals surface area contributed by atoms with E-state index in [1.807, 2.05) is 0 Å².